The molecule has 1 fully saturated rings. The Bertz CT molecular complexity index is 223. The molecule has 0 saturated carbocycles. The Morgan fingerprint density at radius 1 is 1.64 bits per heavy atom. The average molecular weight is 159 g/mol. The van der Waals surface area contributed by atoms with Gasteiger partial charge < -0.3 is 15.2 Å². The minimum absolute atomic E-state index is 0.248. The summed E-state index contributed by atoms with van der Waals surface area (Å²) < 4.78 is 8.30. The van der Waals surface area contributed by atoms with E-state index < -0.39 is 24.1 Å². The van der Waals surface area contributed by atoms with E-state index in [1.54, 1.807) is 0 Å². The first-order valence-corrected chi connectivity index (χ1v) is 2.80. The molecule has 60 valence electrons. The standard InChI is InChI=1S/C5H5NO5/c6-5(9)10-2-1-3(7)11-4(2)8/h2H,1H2,(H2,6,9)/t2-/m0/s1. The second-order valence-corrected chi connectivity index (χ2v) is 1.92. The fraction of sp³-hybridized carbons (Fsp3) is 0.400. The Kier molecular flexibility index (Phi) is 1.75. The molecule has 0 aliphatic carbocycles. The number of nitrogens with two attached hydrogens (primary N) is 1. The van der Waals surface area contributed by atoms with Crippen LogP contribution in [0.3, 0.4) is 0 Å². The van der Waals surface area contributed by atoms with Crippen molar-refractivity contribution in [2.45, 2.75) is 12.5 Å². The van der Waals surface area contributed by atoms with Crippen molar-refractivity contribution in [1.29, 1.82) is 0 Å². The molecule has 0 radical (unpaired) electrons. The topological polar surface area (TPSA) is 95.7 Å². The monoisotopic (exact) mass is 159 g/mol. The molecule has 6 heteroatoms. The van der Waals surface area contributed by atoms with Gasteiger partial charge in [0, 0.05) is 0 Å². The molecule has 1 aliphatic heterocycles. The summed E-state index contributed by atoms with van der Waals surface area (Å²) in [5, 5.41) is 0. The van der Waals surface area contributed by atoms with Crippen LogP contribution in [0.5, 0.6) is 0 Å². The highest BCUT2D eigenvalue weighted by molar-refractivity contribution is 5.97. The summed E-state index contributed by atoms with van der Waals surface area (Å²) in [6.07, 6.45) is -2.50. The van der Waals surface area contributed by atoms with Crippen molar-refractivity contribution in [3.05, 3.63) is 0 Å². The summed E-state index contributed by atoms with van der Waals surface area (Å²) >= 11 is 0. The van der Waals surface area contributed by atoms with E-state index in [0.29, 0.717) is 0 Å². The molecule has 1 saturated heterocycles. The highest BCUT2D eigenvalue weighted by atomic mass is 16.6. The molecule has 1 heterocycles. The number of hydrogen-bond donors (Lipinski definition) is 1. The predicted octanol–water partition coefficient (Wildman–Crippen LogP) is -1.08. The highest BCUT2D eigenvalue weighted by Gasteiger charge is 2.36. The van der Waals surface area contributed by atoms with Crippen LogP contribution < -0.4 is 5.73 Å². The van der Waals surface area contributed by atoms with Crippen LogP contribution in [0.1, 0.15) is 6.42 Å². The average Bonchev–Trinajstić information content (AvgIpc) is 2.09. The van der Waals surface area contributed by atoms with Crippen molar-refractivity contribution in [2.24, 2.45) is 5.73 Å². The number of esters is 2. The van der Waals surface area contributed by atoms with Crippen LogP contribution in [-0.2, 0) is 19.1 Å². The lowest BCUT2D eigenvalue weighted by atomic mass is 10.3. The van der Waals surface area contributed by atoms with Gasteiger partial charge in [0.05, 0.1) is 6.42 Å². The number of amides is 1. The Labute approximate surface area is 61.2 Å². The Morgan fingerprint density at radius 3 is 2.64 bits per heavy atom. The molecular weight excluding hydrogens is 154 g/mol. The number of cyclic esters (lactones) is 2. The van der Waals surface area contributed by atoms with E-state index in [-0.39, 0.29) is 6.42 Å². The molecule has 6 nitrogen and oxygen atoms in total. The second kappa shape index (κ2) is 2.57. The van der Waals surface area contributed by atoms with Gasteiger partial charge in [-0.3, -0.25) is 4.79 Å². The van der Waals surface area contributed by atoms with Gasteiger partial charge in [0.1, 0.15) is 0 Å². The summed E-state index contributed by atoms with van der Waals surface area (Å²) in [6.45, 7) is 0. The maximum Gasteiger partial charge on any atom is 0.405 e. The maximum atomic E-state index is 10.5. The number of hydrogen-bond acceptors (Lipinski definition) is 5. The van der Waals surface area contributed by atoms with Gasteiger partial charge >= 0.3 is 18.0 Å². The molecule has 0 unspecified atom stereocenters. The number of rotatable bonds is 1. The van der Waals surface area contributed by atoms with Gasteiger partial charge in [0.2, 0.25) is 6.10 Å². The summed E-state index contributed by atoms with van der Waals surface area (Å²) in [5.41, 5.74) is 4.60. The zero-order valence-electron chi connectivity index (χ0n) is 5.40. The van der Waals surface area contributed by atoms with Gasteiger partial charge in [-0.25, -0.2) is 9.59 Å². The molecule has 1 aliphatic rings. The Balaban J connectivity index is 2.53. The lowest BCUT2D eigenvalue weighted by Crippen LogP contribution is -2.26. The highest BCUT2D eigenvalue weighted by Crippen LogP contribution is 2.11. The van der Waals surface area contributed by atoms with Crippen molar-refractivity contribution < 1.29 is 23.9 Å². The zero-order valence-corrected chi connectivity index (χ0v) is 5.40. The quantitative estimate of drug-likeness (QED) is 0.388. The van der Waals surface area contributed by atoms with Crippen LogP contribution in [0.4, 0.5) is 4.79 Å². The number of carbonyl (C=O) groups excluding carboxylic acids is 3. The van der Waals surface area contributed by atoms with E-state index >= 15 is 0 Å². The lowest BCUT2D eigenvalue weighted by Gasteiger charge is -2.01. The maximum absolute atomic E-state index is 10.5. The van der Waals surface area contributed by atoms with E-state index in [0.717, 1.165) is 0 Å². The van der Waals surface area contributed by atoms with Gasteiger partial charge in [-0.2, -0.15) is 0 Å². The predicted molar refractivity (Wildman–Crippen MR) is 30.2 cm³/mol. The molecule has 1 atom stereocenters. The van der Waals surface area contributed by atoms with Gasteiger partial charge in [-0.1, -0.05) is 0 Å². The largest absolute Gasteiger partial charge is 0.434 e. The van der Waals surface area contributed by atoms with Crippen LogP contribution in [-0.4, -0.2) is 24.1 Å². The fourth-order valence-electron chi connectivity index (χ4n) is 0.684. The third-order valence-corrected chi connectivity index (χ3v) is 1.09. The molecular formula is C5H5NO5. The first kappa shape index (κ1) is 7.52. The molecule has 11 heavy (non-hydrogen) atoms. The van der Waals surface area contributed by atoms with Gasteiger partial charge in [0.25, 0.3) is 0 Å². The molecule has 0 bridgehead atoms. The molecule has 2 N–H and O–H groups in total. The number of carbonyl (C=O) groups is 3. The summed E-state index contributed by atoms with van der Waals surface area (Å²) in [7, 11) is 0. The smallest absolute Gasteiger partial charge is 0.405 e. The van der Waals surface area contributed by atoms with Crippen molar-refractivity contribution in [1.82, 2.24) is 0 Å². The molecule has 0 spiro atoms. The molecule has 1 rings (SSSR count). The summed E-state index contributed by atoms with van der Waals surface area (Å²) in [5.74, 6) is -1.57. The normalized spacial score (nSPS) is 23.1. The SMILES string of the molecule is NC(=O)O[C@H]1CC(=O)OC1=O. The number of ether oxygens (including phenoxy) is 2. The molecule has 0 aromatic carbocycles. The molecule has 1 amide bonds. The minimum Gasteiger partial charge on any atom is -0.434 e. The van der Waals surface area contributed by atoms with Crippen LogP contribution in [0.2, 0.25) is 0 Å². The number of primary amides is 1. The van der Waals surface area contributed by atoms with E-state index in [9.17, 15) is 14.4 Å². The van der Waals surface area contributed by atoms with E-state index in [4.69, 9.17) is 0 Å². The summed E-state index contributed by atoms with van der Waals surface area (Å²) in [6, 6.07) is 0. The van der Waals surface area contributed by atoms with Crippen molar-refractivity contribution >= 4 is 18.0 Å². The van der Waals surface area contributed by atoms with E-state index in [1.807, 2.05) is 0 Å². The van der Waals surface area contributed by atoms with Crippen LogP contribution in [0.25, 0.3) is 0 Å². The first-order chi connectivity index (χ1) is 5.09. The van der Waals surface area contributed by atoms with Gasteiger partial charge in [-0.15, -0.1) is 0 Å². The van der Waals surface area contributed by atoms with Crippen molar-refractivity contribution in [3.8, 4) is 0 Å². The Hall–Kier alpha value is -1.59. The van der Waals surface area contributed by atoms with Crippen molar-refractivity contribution in [2.75, 3.05) is 0 Å². The van der Waals surface area contributed by atoms with Crippen LogP contribution >= 0.6 is 0 Å². The molecule has 0 aromatic rings. The van der Waals surface area contributed by atoms with Crippen LogP contribution in [0, 0.1) is 0 Å². The molecule has 0 aromatic heterocycles. The first-order valence-electron chi connectivity index (χ1n) is 2.80. The van der Waals surface area contributed by atoms with E-state index in [2.05, 4.69) is 15.2 Å². The minimum atomic E-state index is -1.15. The van der Waals surface area contributed by atoms with Crippen molar-refractivity contribution in [3.63, 3.8) is 0 Å². The van der Waals surface area contributed by atoms with E-state index in [1.165, 1.54) is 0 Å². The third-order valence-electron chi connectivity index (χ3n) is 1.09. The van der Waals surface area contributed by atoms with Gasteiger partial charge in [-0.05, 0) is 0 Å². The lowest BCUT2D eigenvalue weighted by molar-refractivity contribution is -0.154. The Morgan fingerprint density at radius 2 is 2.27 bits per heavy atom. The van der Waals surface area contributed by atoms with Crippen LogP contribution in [0.15, 0.2) is 0 Å². The van der Waals surface area contributed by atoms with Gasteiger partial charge in [0.15, 0.2) is 0 Å². The zero-order chi connectivity index (χ0) is 8.43. The second-order valence-electron chi connectivity index (χ2n) is 1.92. The third kappa shape index (κ3) is 1.66. The summed E-state index contributed by atoms with van der Waals surface area (Å²) in [4.78, 5) is 31.0. The fourth-order valence-corrected chi connectivity index (χ4v) is 0.684.